The first-order valence-electron chi connectivity index (χ1n) is 3.56. The minimum atomic E-state index is 0.0635. The van der Waals surface area contributed by atoms with Gasteiger partial charge in [-0.25, -0.2) is 4.98 Å². The molecule has 0 aliphatic carbocycles. The molecule has 4 heteroatoms. The summed E-state index contributed by atoms with van der Waals surface area (Å²) in [5.41, 5.74) is 6.39. The fourth-order valence-electron chi connectivity index (χ4n) is 0.823. The summed E-state index contributed by atoms with van der Waals surface area (Å²) in [6, 6.07) is 0. The van der Waals surface area contributed by atoms with Gasteiger partial charge in [-0.2, -0.15) is 0 Å². The minimum Gasteiger partial charge on any atom is -0.375 e. The second kappa shape index (κ2) is 3.69. The maximum Gasteiger partial charge on any atom is 0.180 e. The molecule has 3 nitrogen and oxygen atoms in total. The van der Waals surface area contributed by atoms with Crippen LogP contribution >= 0.6 is 11.3 Å². The van der Waals surface area contributed by atoms with Crippen LogP contribution in [0.1, 0.15) is 25.6 Å². The summed E-state index contributed by atoms with van der Waals surface area (Å²) < 4.78 is 5.33. The lowest BCUT2D eigenvalue weighted by atomic mass is 10.3. The maximum atomic E-state index is 5.46. The van der Waals surface area contributed by atoms with Crippen molar-refractivity contribution in [3.8, 4) is 0 Å². The number of hydrogen-bond acceptors (Lipinski definition) is 4. The van der Waals surface area contributed by atoms with E-state index in [2.05, 4.69) is 4.98 Å². The monoisotopic (exact) mass is 172 g/mol. The molecule has 1 aromatic rings. The number of thiazole rings is 1. The molecule has 11 heavy (non-hydrogen) atoms. The van der Waals surface area contributed by atoms with Gasteiger partial charge in [-0.3, -0.25) is 0 Å². The fourth-order valence-corrected chi connectivity index (χ4v) is 1.47. The number of hydrogen-bond donors (Lipinski definition) is 1. The van der Waals surface area contributed by atoms with Crippen LogP contribution in [-0.2, 0) is 4.74 Å². The van der Waals surface area contributed by atoms with E-state index in [1.807, 2.05) is 19.2 Å². The highest BCUT2D eigenvalue weighted by Crippen LogP contribution is 2.20. The first-order chi connectivity index (χ1) is 5.24. The van der Waals surface area contributed by atoms with E-state index in [0.29, 0.717) is 11.7 Å². The van der Waals surface area contributed by atoms with E-state index in [1.165, 1.54) is 11.3 Å². The van der Waals surface area contributed by atoms with Crippen LogP contribution in [0, 0.1) is 0 Å². The van der Waals surface area contributed by atoms with Crippen LogP contribution in [0.15, 0.2) is 5.38 Å². The van der Waals surface area contributed by atoms with E-state index in [9.17, 15) is 0 Å². The van der Waals surface area contributed by atoms with Crippen LogP contribution in [0.4, 0.5) is 5.13 Å². The smallest absolute Gasteiger partial charge is 0.180 e. The van der Waals surface area contributed by atoms with Crippen molar-refractivity contribution >= 4 is 16.5 Å². The van der Waals surface area contributed by atoms with Crippen molar-refractivity contribution in [2.75, 3.05) is 12.3 Å². The van der Waals surface area contributed by atoms with Crippen LogP contribution in [-0.4, -0.2) is 11.6 Å². The zero-order valence-corrected chi connectivity index (χ0v) is 7.52. The molecule has 0 saturated heterocycles. The van der Waals surface area contributed by atoms with E-state index >= 15 is 0 Å². The summed E-state index contributed by atoms with van der Waals surface area (Å²) in [6.45, 7) is 4.64. The quantitative estimate of drug-likeness (QED) is 0.756. The van der Waals surface area contributed by atoms with E-state index < -0.39 is 0 Å². The summed E-state index contributed by atoms with van der Waals surface area (Å²) in [5.74, 6) is 0. The van der Waals surface area contributed by atoms with Gasteiger partial charge in [-0.15, -0.1) is 11.3 Å². The molecule has 1 atom stereocenters. The molecule has 1 rings (SSSR count). The van der Waals surface area contributed by atoms with Crippen LogP contribution in [0.25, 0.3) is 0 Å². The molecule has 0 aliphatic heterocycles. The van der Waals surface area contributed by atoms with Crippen LogP contribution < -0.4 is 5.73 Å². The van der Waals surface area contributed by atoms with Crippen molar-refractivity contribution < 1.29 is 4.74 Å². The molecule has 1 heterocycles. The van der Waals surface area contributed by atoms with E-state index in [0.717, 1.165) is 5.69 Å². The Balaban J connectivity index is 2.60. The molecule has 0 fully saturated rings. The second-order valence-corrected chi connectivity index (χ2v) is 3.10. The molecule has 0 aromatic carbocycles. The zero-order valence-electron chi connectivity index (χ0n) is 6.70. The Morgan fingerprint density at radius 1 is 1.82 bits per heavy atom. The summed E-state index contributed by atoms with van der Waals surface area (Å²) in [5, 5.41) is 2.53. The third kappa shape index (κ3) is 2.17. The fraction of sp³-hybridized carbons (Fsp3) is 0.571. The Morgan fingerprint density at radius 2 is 2.55 bits per heavy atom. The largest absolute Gasteiger partial charge is 0.375 e. The highest BCUT2D eigenvalue weighted by atomic mass is 32.1. The average molecular weight is 172 g/mol. The number of aromatic nitrogens is 1. The molecule has 0 spiro atoms. The number of anilines is 1. The third-order valence-corrected chi connectivity index (χ3v) is 2.07. The van der Waals surface area contributed by atoms with Crippen molar-refractivity contribution in [1.29, 1.82) is 0 Å². The van der Waals surface area contributed by atoms with Crippen molar-refractivity contribution in [3.63, 3.8) is 0 Å². The van der Waals surface area contributed by atoms with Crippen molar-refractivity contribution in [3.05, 3.63) is 11.1 Å². The van der Waals surface area contributed by atoms with E-state index in [4.69, 9.17) is 10.5 Å². The van der Waals surface area contributed by atoms with Gasteiger partial charge in [0.25, 0.3) is 0 Å². The highest BCUT2D eigenvalue weighted by Gasteiger charge is 2.07. The van der Waals surface area contributed by atoms with Gasteiger partial charge in [0.2, 0.25) is 0 Å². The summed E-state index contributed by atoms with van der Waals surface area (Å²) in [6.07, 6.45) is 0.0635. The first kappa shape index (κ1) is 8.49. The van der Waals surface area contributed by atoms with Gasteiger partial charge in [-0.1, -0.05) is 0 Å². The predicted octanol–water partition coefficient (Wildman–Crippen LogP) is 1.82. The topological polar surface area (TPSA) is 48.1 Å². The Labute approximate surface area is 70.2 Å². The predicted molar refractivity (Wildman–Crippen MR) is 46.6 cm³/mol. The molecule has 0 saturated carbocycles. The normalized spacial score (nSPS) is 13.3. The van der Waals surface area contributed by atoms with Crippen molar-refractivity contribution in [1.82, 2.24) is 4.98 Å². The number of nitrogen functional groups attached to an aromatic ring is 1. The number of nitrogens with two attached hydrogens (primary N) is 1. The second-order valence-electron chi connectivity index (χ2n) is 2.21. The zero-order chi connectivity index (χ0) is 8.27. The number of ether oxygens (including phenoxy) is 1. The molecule has 0 bridgehead atoms. The third-order valence-electron chi connectivity index (χ3n) is 1.37. The molecule has 0 aliphatic rings. The minimum absolute atomic E-state index is 0.0635. The van der Waals surface area contributed by atoms with Crippen LogP contribution in [0.5, 0.6) is 0 Å². The van der Waals surface area contributed by atoms with Gasteiger partial charge in [0.05, 0.1) is 11.8 Å². The van der Waals surface area contributed by atoms with Gasteiger partial charge < -0.3 is 10.5 Å². The van der Waals surface area contributed by atoms with Gasteiger partial charge in [0, 0.05) is 12.0 Å². The van der Waals surface area contributed by atoms with E-state index in [-0.39, 0.29) is 6.10 Å². The first-order valence-corrected chi connectivity index (χ1v) is 4.44. The Kier molecular flexibility index (Phi) is 2.84. The lowest BCUT2D eigenvalue weighted by Crippen LogP contribution is -1.99. The summed E-state index contributed by atoms with van der Waals surface area (Å²) >= 11 is 1.45. The number of nitrogens with zero attached hydrogens (tertiary/aromatic N) is 1. The molecule has 62 valence electrons. The van der Waals surface area contributed by atoms with Crippen molar-refractivity contribution in [2.24, 2.45) is 0 Å². The van der Waals surface area contributed by atoms with Gasteiger partial charge in [-0.05, 0) is 13.8 Å². The Morgan fingerprint density at radius 3 is 3.00 bits per heavy atom. The maximum absolute atomic E-state index is 5.46. The van der Waals surface area contributed by atoms with Gasteiger partial charge in [0.15, 0.2) is 5.13 Å². The molecular formula is C7H12N2OS. The van der Waals surface area contributed by atoms with Crippen molar-refractivity contribution in [2.45, 2.75) is 20.0 Å². The standard InChI is InChI=1S/C7H12N2OS/c1-3-10-5(2)6-4-11-7(8)9-6/h4-5H,3H2,1-2H3,(H2,8,9). The SMILES string of the molecule is CCOC(C)c1csc(N)n1. The summed E-state index contributed by atoms with van der Waals surface area (Å²) in [4.78, 5) is 4.10. The molecule has 1 aromatic heterocycles. The lowest BCUT2D eigenvalue weighted by Gasteiger charge is -2.06. The Hall–Kier alpha value is -0.610. The Bertz CT molecular complexity index is 224. The number of rotatable bonds is 3. The molecule has 0 radical (unpaired) electrons. The molecule has 2 N–H and O–H groups in total. The molecule has 0 amide bonds. The molecule has 1 unspecified atom stereocenters. The summed E-state index contributed by atoms with van der Waals surface area (Å²) in [7, 11) is 0. The van der Waals surface area contributed by atoms with Gasteiger partial charge in [0.1, 0.15) is 0 Å². The average Bonchev–Trinajstić information content (AvgIpc) is 2.36. The highest BCUT2D eigenvalue weighted by molar-refractivity contribution is 7.13. The lowest BCUT2D eigenvalue weighted by molar-refractivity contribution is 0.0739. The van der Waals surface area contributed by atoms with E-state index in [1.54, 1.807) is 0 Å². The van der Waals surface area contributed by atoms with Crippen LogP contribution in [0.2, 0.25) is 0 Å². The molecular weight excluding hydrogens is 160 g/mol. The van der Waals surface area contributed by atoms with Gasteiger partial charge >= 0.3 is 0 Å². The van der Waals surface area contributed by atoms with Crippen LogP contribution in [0.3, 0.4) is 0 Å².